The summed E-state index contributed by atoms with van der Waals surface area (Å²) in [5, 5.41) is 8.10. The van der Waals surface area contributed by atoms with Gasteiger partial charge in [0.1, 0.15) is 6.54 Å². The van der Waals surface area contributed by atoms with Crippen molar-refractivity contribution in [3.8, 4) is 5.69 Å². The first-order valence-corrected chi connectivity index (χ1v) is 12.0. The van der Waals surface area contributed by atoms with E-state index in [-0.39, 0.29) is 0 Å². The number of anilines is 1. The summed E-state index contributed by atoms with van der Waals surface area (Å²) in [6, 6.07) is 16.7. The number of hydrogen-bond donors (Lipinski definition) is 2. The summed E-state index contributed by atoms with van der Waals surface area (Å²) in [5.41, 5.74) is 4.45. The van der Waals surface area contributed by atoms with Gasteiger partial charge in [0.05, 0.1) is 22.8 Å². The van der Waals surface area contributed by atoms with Crippen LogP contribution < -0.4 is 10.0 Å². The van der Waals surface area contributed by atoms with Gasteiger partial charge >= 0.3 is 5.97 Å². The summed E-state index contributed by atoms with van der Waals surface area (Å²) < 4.78 is 32.8. The van der Waals surface area contributed by atoms with E-state index >= 15 is 0 Å². The van der Waals surface area contributed by atoms with E-state index < -0.39 is 35.1 Å². The molecule has 2 aromatic carbocycles. The molecule has 2 N–H and O–H groups in total. The molecule has 0 radical (unpaired) electrons. The molecular weight excluding hydrogens is 456 g/mol. The van der Waals surface area contributed by atoms with Crippen LogP contribution in [0.5, 0.6) is 0 Å². The van der Waals surface area contributed by atoms with Crippen LogP contribution in [0.2, 0.25) is 0 Å². The molecule has 0 fully saturated rings. The van der Waals surface area contributed by atoms with Gasteiger partial charge in [0, 0.05) is 5.41 Å². The van der Waals surface area contributed by atoms with Crippen LogP contribution in [-0.4, -0.2) is 43.2 Å². The summed E-state index contributed by atoms with van der Waals surface area (Å²) in [6.07, 6.45) is 1.42. The minimum atomic E-state index is -3.85. The molecule has 0 spiro atoms. The van der Waals surface area contributed by atoms with Crippen molar-refractivity contribution < 1.29 is 22.7 Å². The maximum atomic E-state index is 12.3. The Labute approximate surface area is 198 Å². The second kappa shape index (κ2) is 10.9. The zero-order valence-corrected chi connectivity index (χ0v) is 19.9. The van der Waals surface area contributed by atoms with Gasteiger partial charge in [-0.25, -0.2) is 17.8 Å². The average molecular weight is 483 g/mol. The number of aromatic nitrogens is 2. The maximum absolute atomic E-state index is 12.3. The van der Waals surface area contributed by atoms with Crippen LogP contribution in [-0.2, 0) is 24.3 Å². The van der Waals surface area contributed by atoms with Crippen LogP contribution in [0, 0.1) is 20.8 Å². The highest BCUT2D eigenvalue weighted by molar-refractivity contribution is 7.92. The molecule has 178 valence electrons. The normalized spacial score (nSPS) is 11.5. The molecule has 0 aliphatic rings. The molecule has 0 atom stereocenters. The van der Waals surface area contributed by atoms with Crippen LogP contribution >= 0.6 is 0 Å². The molecule has 0 aliphatic heterocycles. The molecule has 3 rings (SSSR count). The Morgan fingerprint density at radius 2 is 1.71 bits per heavy atom. The second-order valence-corrected chi connectivity index (χ2v) is 9.23. The summed E-state index contributed by atoms with van der Waals surface area (Å²) in [6.45, 7) is 4.34. The molecule has 1 aromatic heterocycles. The summed E-state index contributed by atoms with van der Waals surface area (Å²) in [4.78, 5) is 24.2. The lowest BCUT2D eigenvalue weighted by atomic mass is 10.2. The van der Waals surface area contributed by atoms with Gasteiger partial charge in [-0.3, -0.25) is 9.59 Å². The lowest BCUT2D eigenvalue weighted by Gasteiger charge is -2.08. The fourth-order valence-electron chi connectivity index (χ4n) is 3.07. The van der Waals surface area contributed by atoms with Crippen LogP contribution in [0.1, 0.15) is 22.5 Å². The highest BCUT2D eigenvalue weighted by Crippen LogP contribution is 2.22. The standard InChI is InChI=1S/C24H26N4O5S/c1-17-9-11-20(12-10-17)13-14-34(31,32)25-15-23(30)33-16-22(29)26-24-18(2)27-28(19(24)3)21-7-5-4-6-8-21/h4-14,25H,15-16H2,1-3H3,(H,26,29). The minimum absolute atomic E-state index is 0.520. The van der Waals surface area contributed by atoms with Crippen LogP contribution in [0.15, 0.2) is 60.0 Å². The monoisotopic (exact) mass is 482 g/mol. The molecule has 10 heteroatoms. The number of nitrogens with zero attached hydrogens (tertiary/aromatic N) is 2. The predicted molar refractivity (Wildman–Crippen MR) is 130 cm³/mol. The molecule has 0 aliphatic carbocycles. The first-order valence-electron chi connectivity index (χ1n) is 10.5. The summed E-state index contributed by atoms with van der Waals surface area (Å²) in [5.74, 6) is -1.44. The molecule has 0 saturated heterocycles. The van der Waals surface area contributed by atoms with Gasteiger partial charge in [0.25, 0.3) is 5.91 Å². The molecular formula is C24H26N4O5S. The Hall–Kier alpha value is -3.76. The zero-order valence-electron chi connectivity index (χ0n) is 19.1. The third-order valence-electron chi connectivity index (χ3n) is 4.86. The average Bonchev–Trinajstić information content (AvgIpc) is 3.10. The predicted octanol–water partition coefficient (Wildman–Crippen LogP) is 2.87. The van der Waals surface area contributed by atoms with E-state index in [1.807, 2.05) is 56.3 Å². The molecule has 3 aromatic rings. The Morgan fingerprint density at radius 3 is 2.38 bits per heavy atom. The van der Waals surface area contributed by atoms with Crippen LogP contribution in [0.4, 0.5) is 5.69 Å². The lowest BCUT2D eigenvalue weighted by Crippen LogP contribution is -2.31. The van der Waals surface area contributed by atoms with E-state index in [4.69, 9.17) is 4.74 Å². The smallest absolute Gasteiger partial charge is 0.321 e. The molecule has 0 unspecified atom stereocenters. The van der Waals surface area contributed by atoms with E-state index in [9.17, 15) is 18.0 Å². The first kappa shape index (κ1) is 24.9. The zero-order chi connectivity index (χ0) is 24.7. The maximum Gasteiger partial charge on any atom is 0.321 e. The van der Waals surface area contributed by atoms with Gasteiger partial charge in [0.15, 0.2) is 6.61 Å². The van der Waals surface area contributed by atoms with Gasteiger partial charge in [-0.05, 0) is 44.5 Å². The molecule has 34 heavy (non-hydrogen) atoms. The van der Waals surface area contributed by atoms with Crippen molar-refractivity contribution in [2.75, 3.05) is 18.5 Å². The quantitative estimate of drug-likeness (QED) is 0.453. The number of nitrogens with one attached hydrogen (secondary N) is 2. The SMILES string of the molecule is Cc1ccc(C=CS(=O)(=O)NCC(=O)OCC(=O)Nc2c(C)nn(-c3ccccc3)c2C)cc1. The number of carbonyl (C=O) groups excluding carboxylic acids is 2. The van der Waals surface area contributed by atoms with Crippen molar-refractivity contribution in [1.29, 1.82) is 0 Å². The molecule has 1 heterocycles. The fourth-order valence-corrected chi connectivity index (χ4v) is 3.82. The number of para-hydroxylation sites is 1. The van der Waals surface area contributed by atoms with Crippen molar-refractivity contribution in [3.05, 3.63) is 82.5 Å². The third-order valence-corrected chi connectivity index (χ3v) is 5.90. The fraction of sp³-hybridized carbons (Fsp3) is 0.208. The number of amides is 1. The topological polar surface area (TPSA) is 119 Å². The van der Waals surface area contributed by atoms with Gasteiger partial charge in [-0.15, -0.1) is 0 Å². The van der Waals surface area contributed by atoms with E-state index in [0.717, 1.165) is 22.4 Å². The summed E-state index contributed by atoms with van der Waals surface area (Å²) >= 11 is 0. The van der Waals surface area contributed by atoms with Gasteiger partial charge in [-0.1, -0.05) is 48.0 Å². The number of carbonyl (C=O) groups is 2. The highest BCUT2D eigenvalue weighted by Gasteiger charge is 2.17. The van der Waals surface area contributed by atoms with E-state index in [0.29, 0.717) is 16.9 Å². The Morgan fingerprint density at radius 1 is 1.03 bits per heavy atom. The van der Waals surface area contributed by atoms with Crippen molar-refractivity contribution >= 4 is 33.7 Å². The number of ether oxygens (including phenoxy) is 1. The van der Waals surface area contributed by atoms with E-state index in [1.165, 1.54) is 6.08 Å². The molecule has 0 bridgehead atoms. The summed E-state index contributed by atoms with van der Waals surface area (Å²) in [7, 11) is -3.85. The minimum Gasteiger partial charge on any atom is -0.455 e. The Balaban J connectivity index is 1.49. The van der Waals surface area contributed by atoms with Crippen molar-refractivity contribution in [2.24, 2.45) is 0 Å². The van der Waals surface area contributed by atoms with E-state index in [2.05, 4.69) is 15.1 Å². The van der Waals surface area contributed by atoms with Crippen molar-refractivity contribution in [1.82, 2.24) is 14.5 Å². The lowest BCUT2D eigenvalue weighted by molar-refractivity contribution is -0.146. The molecule has 0 saturated carbocycles. The Kier molecular flexibility index (Phi) is 7.98. The third kappa shape index (κ3) is 6.87. The Bertz CT molecular complexity index is 1300. The first-order chi connectivity index (χ1) is 16.1. The largest absolute Gasteiger partial charge is 0.455 e. The van der Waals surface area contributed by atoms with Gasteiger partial charge in [0.2, 0.25) is 10.0 Å². The highest BCUT2D eigenvalue weighted by atomic mass is 32.2. The van der Waals surface area contributed by atoms with Gasteiger partial charge < -0.3 is 10.1 Å². The van der Waals surface area contributed by atoms with Crippen molar-refractivity contribution in [2.45, 2.75) is 20.8 Å². The van der Waals surface area contributed by atoms with Crippen molar-refractivity contribution in [3.63, 3.8) is 0 Å². The second-order valence-electron chi connectivity index (χ2n) is 7.58. The van der Waals surface area contributed by atoms with Crippen LogP contribution in [0.3, 0.4) is 0 Å². The number of esters is 1. The number of rotatable bonds is 9. The number of benzene rings is 2. The molecule has 9 nitrogen and oxygen atoms in total. The van der Waals surface area contributed by atoms with E-state index in [1.54, 1.807) is 23.7 Å². The number of aryl methyl sites for hydroxylation is 2. The number of hydrogen-bond acceptors (Lipinski definition) is 6. The number of sulfonamides is 1. The van der Waals surface area contributed by atoms with Crippen LogP contribution in [0.25, 0.3) is 11.8 Å². The molecule has 1 amide bonds. The van der Waals surface area contributed by atoms with Gasteiger partial charge in [-0.2, -0.15) is 5.10 Å².